The van der Waals surface area contributed by atoms with Crippen molar-refractivity contribution in [2.75, 3.05) is 0 Å². The van der Waals surface area contributed by atoms with E-state index in [1.165, 1.54) is 12.5 Å². The number of hydrogen-bond donors (Lipinski definition) is 2. The smallest absolute Gasteiger partial charge is 0.347 e. The Bertz CT molecular complexity index is 1090. The van der Waals surface area contributed by atoms with Crippen molar-refractivity contribution in [2.45, 2.75) is 101 Å². The Morgan fingerprint density at radius 3 is 2.39 bits per heavy atom. The van der Waals surface area contributed by atoms with Crippen LogP contribution in [0.15, 0.2) is 17.0 Å². The maximum atomic E-state index is 14.2. The minimum absolute atomic E-state index is 0.0208. The van der Waals surface area contributed by atoms with Crippen LogP contribution in [0, 0.1) is 5.92 Å². The predicted octanol–water partition coefficient (Wildman–Crippen LogP) is 8.28. The van der Waals surface area contributed by atoms with Crippen LogP contribution in [0.5, 0.6) is 0 Å². The fourth-order valence-electron chi connectivity index (χ4n) is 4.55. The molecule has 2 aliphatic rings. The number of carbonyl (C=O) groups excluding carboxylic acids is 1. The van der Waals surface area contributed by atoms with Gasteiger partial charge in [0, 0.05) is 22.0 Å². The lowest BCUT2D eigenvalue weighted by Crippen LogP contribution is -2.39. The molecule has 4 rings (SSSR count). The SMILES string of the molecule is CC(C)(C)NSc1ccc(-c2sc(C(=O)NC3CCC3)nc2CC2CCCCC2)c(Cl)c1C(F)(F)F. The summed E-state index contributed by atoms with van der Waals surface area (Å²) in [5.41, 5.74) is -0.281. The van der Waals surface area contributed by atoms with Gasteiger partial charge in [0.1, 0.15) is 0 Å². The molecule has 10 heteroatoms. The van der Waals surface area contributed by atoms with Gasteiger partial charge >= 0.3 is 6.18 Å². The van der Waals surface area contributed by atoms with Gasteiger partial charge in [-0.15, -0.1) is 11.3 Å². The van der Waals surface area contributed by atoms with Gasteiger partial charge in [0.15, 0.2) is 5.01 Å². The van der Waals surface area contributed by atoms with Crippen molar-refractivity contribution < 1.29 is 18.0 Å². The highest BCUT2D eigenvalue weighted by Gasteiger charge is 2.38. The fraction of sp³-hybridized carbons (Fsp3) is 0.615. The molecule has 0 unspecified atom stereocenters. The molecule has 0 aliphatic heterocycles. The molecule has 198 valence electrons. The molecule has 2 fully saturated rings. The predicted molar refractivity (Wildman–Crippen MR) is 142 cm³/mol. The Morgan fingerprint density at radius 1 is 1.11 bits per heavy atom. The van der Waals surface area contributed by atoms with Crippen molar-refractivity contribution in [3.05, 3.63) is 33.4 Å². The van der Waals surface area contributed by atoms with E-state index in [0.717, 1.165) is 68.2 Å². The lowest BCUT2D eigenvalue weighted by Gasteiger charge is -2.25. The number of halogens is 4. The molecule has 0 bridgehead atoms. The number of hydrogen-bond acceptors (Lipinski definition) is 5. The molecule has 36 heavy (non-hydrogen) atoms. The minimum atomic E-state index is -4.63. The lowest BCUT2D eigenvalue weighted by molar-refractivity contribution is -0.139. The highest BCUT2D eigenvalue weighted by atomic mass is 35.5. The molecule has 0 spiro atoms. The first-order valence-electron chi connectivity index (χ1n) is 12.6. The second kappa shape index (κ2) is 11.2. The monoisotopic (exact) mass is 559 g/mol. The summed E-state index contributed by atoms with van der Waals surface area (Å²) in [6, 6.07) is 3.25. The molecule has 0 saturated heterocycles. The lowest BCUT2D eigenvalue weighted by atomic mass is 9.85. The van der Waals surface area contributed by atoms with Crippen LogP contribution in [0.2, 0.25) is 5.02 Å². The molecule has 2 aliphatic carbocycles. The van der Waals surface area contributed by atoms with Gasteiger partial charge in [-0.1, -0.05) is 49.8 Å². The molecule has 1 aromatic carbocycles. The number of rotatable bonds is 7. The van der Waals surface area contributed by atoms with Gasteiger partial charge in [-0.25, -0.2) is 4.98 Å². The summed E-state index contributed by atoms with van der Waals surface area (Å²) in [6.07, 6.45) is 4.62. The van der Waals surface area contributed by atoms with Gasteiger partial charge in [-0.3, -0.25) is 9.52 Å². The third kappa shape index (κ3) is 6.77. The van der Waals surface area contributed by atoms with E-state index >= 15 is 0 Å². The maximum absolute atomic E-state index is 14.2. The fourth-order valence-corrected chi connectivity index (χ4v) is 6.93. The average Bonchev–Trinajstić information content (AvgIpc) is 3.17. The van der Waals surface area contributed by atoms with Crippen LogP contribution in [0.4, 0.5) is 13.2 Å². The van der Waals surface area contributed by atoms with Crippen LogP contribution >= 0.6 is 34.9 Å². The Kier molecular flexibility index (Phi) is 8.64. The second-order valence-corrected chi connectivity index (χ2v) is 13.1. The first-order valence-corrected chi connectivity index (χ1v) is 14.6. The zero-order valence-corrected chi connectivity index (χ0v) is 23.2. The number of benzene rings is 1. The Morgan fingerprint density at radius 2 is 1.81 bits per heavy atom. The summed E-state index contributed by atoms with van der Waals surface area (Å²) in [7, 11) is 0. The van der Waals surface area contributed by atoms with Crippen molar-refractivity contribution in [3.8, 4) is 10.4 Å². The van der Waals surface area contributed by atoms with Crippen molar-refractivity contribution in [3.63, 3.8) is 0 Å². The number of nitrogens with zero attached hydrogens (tertiary/aromatic N) is 1. The van der Waals surface area contributed by atoms with Crippen LogP contribution in [-0.4, -0.2) is 22.5 Å². The summed E-state index contributed by atoms with van der Waals surface area (Å²) in [6.45, 7) is 5.65. The highest BCUT2D eigenvalue weighted by Crippen LogP contribution is 2.47. The second-order valence-electron chi connectivity index (χ2n) is 10.9. The van der Waals surface area contributed by atoms with Gasteiger partial charge < -0.3 is 5.32 Å². The van der Waals surface area contributed by atoms with E-state index in [0.29, 0.717) is 27.9 Å². The number of thiazole rings is 1. The van der Waals surface area contributed by atoms with Gasteiger partial charge in [0.25, 0.3) is 5.91 Å². The molecule has 1 heterocycles. The molecule has 2 N–H and O–H groups in total. The summed E-state index contributed by atoms with van der Waals surface area (Å²) < 4.78 is 45.7. The highest BCUT2D eigenvalue weighted by molar-refractivity contribution is 7.97. The standard InChI is InChI=1S/C26H33ClF3N3OS2/c1-25(2,3)33-36-19-13-12-17(21(27)20(19)26(28,29)30)22-18(14-15-8-5-4-6-9-15)32-24(35-22)23(34)31-16-10-7-11-16/h12-13,15-16,33H,4-11,14H2,1-3H3,(H,31,34). The average molecular weight is 560 g/mol. The number of carbonyl (C=O) groups is 1. The van der Waals surface area contributed by atoms with Crippen LogP contribution in [0.3, 0.4) is 0 Å². The molecule has 0 radical (unpaired) electrons. The number of nitrogens with one attached hydrogen (secondary N) is 2. The summed E-state index contributed by atoms with van der Waals surface area (Å²) >= 11 is 8.59. The molecule has 0 atom stereocenters. The molecule has 1 amide bonds. The summed E-state index contributed by atoms with van der Waals surface area (Å²) in [4.78, 5) is 18.1. The Hall–Kier alpha value is -1.29. The van der Waals surface area contributed by atoms with E-state index in [-0.39, 0.29) is 33.0 Å². The number of aromatic nitrogens is 1. The van der Waals surface area contributed by atoms with Crippen molar-refractivity contribution >= 4 is 40.8 Å². The first-order chi connectivity index (χ1) is 16.9. The minimum Gasteiger partial charge on any atom is -0.347 e. The molecule has 4 nitrogen and oxygen atoms in total. The molecular weight excluding hydrogens is 527 g/mol. The van der Waals surface area contributed by atoms with Crippen molar-refractivity contribution in [1.29, 1.82) is 0 Å². The summed E-state index contributed by atoms with van der Waals surface area (Å²) in [5, 5.41) is 2.95. The van der Waals surface area contributed by atoms with Gasteiger partial charge in [0.05, 0.1) is 21.2 Å². The number of alkyl halides is 3. The Labute approximate surface area is 224 Å². The largest absolute Gasteiger partial charge is 0.418 e. The third-order valence-electron chi connectivity index (χ3n) is 6.64. The van der Waals surface area contributed by atoms with Crippen LogP contribution in [-0.2, 0) is 12.6 Å². The Balaban J connectivity index is 1.73. The molecule has 1 aromatic heterocycles. The van der Waals surface area contributed by atoms with Crippen LogP contribution in [0.1, 0.15) is 93.2 Å². The van der Waals surface area contributed by atoms with E-state index < -0.39 is 11.7 Å². The zero-order valence-electron chi connectivity index (χ0n) is 20.9. The number of amides is 1. The van der Waals surface area contributed by atoms with E-state index in [1.807, 2.05) is 20.8 Å². The zero-order chi connectivity index (χ0) is 26.1. The molecular formula is C26H33ClF3N3OS2. The molecule has 2 aromatic rings. The van der Waals surface area contributed by atoms with E-state index in [9.17, 15) is 18.0 Å². The van der Waals surface area contributed by atoms with Gasteiger partial charge in [-0.05, 0) is 70.4 Å². The summed E-state index contributed by atoms with van der Waals surface area (Å²) in [5.74, 6) is 0.156. The maximum Gasteiger partial charge on any atom is 0.418 e. The topological polar surface area (TPSA) is 54.0 Å². The quantitative estimate of drug-likeness (QED) is 0.335. The van der Waals surface area contributed by atoms with Crippen molar-refractivity contribution in [1.82, 2.24) is 15.0 Å². The van der Waals surface area contributed by atoms with Crippen LogP contribution in [0.25, 0.3) is 10.4 Å². The van der Waals surface area contributed by atoms with E-state index in [1.54, 1.807) is 6.07 Å². The van der Waals surface area contributed by atoms with Gasteiger partial charge in [-0.2, -0.15) is 13.2 Å². The van der Waals surface area contributed by atoms with E-state index in [2.05, 4.69) is 15.0 Å². The van der Waals surface area contributed by atoms with Crippen molar-refractivity contribution in [2.24, 2.45) is 5.92 Å². The molecule has 2 saturated carbocycles. The normalized spacial score (nSPS) is 17.8. The van der Waals surface area contributed by atoms with Gasteiger partial charge in [0.2, 0.25) is 0 Å². The van der Waals surface area contributed by atoms with Crippen LogP contribution < -0.4 is 10.0 Å². The third-order valence-corrected chi connectivity index (χ3v) is 9.43. The van der Waals surface area contributed by atoms with E-state index in [4.69, 9.17) is 11.6 Å². The first kappa shape index (κ1) is 27.7.